The number of ketones is 1. The monoisotopic (exact) mass is 455 g/mol. The summed E-state index contributed by atoms with van der Waals surface area (Å²) >= 11 is 1.24. The summed E-state index contributed by atoms with van der Waals surface area (Å²) in [6, 6.07) is 6.91. The van der Waals surface area contributed by atoms with Crippen molar-refractivity contribution < 1.29 is 14.4 Å². The second-order valence-electron chi connectivity index (χ2n) is 7.98. The van der Waals surface area contributed by atoms with Gasteiger partial charge in [0.15, 0.2) is 5.01 Å². The Hall–Kier alpha value is -3.07. The summed E-state index contributed by atoms with van der Waals surface area (Å²) in [6.45, 7) is 3.92. The molecule has 32 heavy (non-hydrogen) atoms. The summed E-state index contributed by atoms with van der Waals surface area (Å²) in [5.41, 5.74) is 7.38. The molecule has 0 fully saturated rings. The van der Waals surface area contributed by atoms with Crippen molar-refractivity contribution in [3.05, 3.63) is 46.4 Å². The van der Waals surface area contributed by atoms with Gasteiger partial charge < -0.3 is 16.0 Å². The van der Waals surface area contributed by atoms with E-state index in [-0.39, 0.29) is 30.1 Å². The lowest BCUT2D eigenvalue weighted by Crippen LogP contribution is -2.48. The Morgan fingerprint density at radius 1 is 1.38 bits per heavy atom. The SMILES string of the molecule is CC(N)=NCCC[C@H](NC(=O)CN1C(=O)C(C)CCc2ccccc21)C(=O)c1nccs1. The van der Waals surface area contributed by atoms with Gasteiger partial charge in [-0.3, -0.25) is 19.4 Å². The van der Waals surface area contributed by atoms with Gasteiger partial charge in [0.2, 0.25) is 17.6 Å². The number of anilines is 1. The maximum Gasteiger partial charge on any atom is 0.240 e. The van der Waals surface area contributed by atoms with Crippen LogP contribution in [-0.2, 0) is 16.0 Å². The van der Waals surface area contributed by atoms with Crippen LogP contribution in [0.1, 0.15) is 48.5 Å². The first-order valence-electron chi connectivity index (χ1n) is 10.8. The van der Waals surface area contributed by atoms with E-state index in [4.69, 9.17) is 5.73 Å². The fraction of sp³-hybridized carbons (Fsp3) is 0.435. The van der Waals surface area contributed by atoms with Crippen LogP contribution in [-0.4, -0.2) is 47.5 Å². The Labute approximate surface area is 191 Å². The Bertz CT molecular complexity index is 985. The summed E-state index contributed by atoms with van der Waals surface area (Å²) in [5.74, 6) is -0.404. The van der Waals surface area contributed by atoms with E-state index >= 15 is 0 Å². The number of rotatable bonds is 9. The quantitative estimate of drug-likeness (QED) is 0.261. The van der Waals surface area contributed by atoms with Crippen LogP contribution in [0.15, 0.2) is 40.8 Å². The molecule has 1 aliphatic heterocycles. The zero-order valence-corrected chi connectivity index (χ0v) is 19.2. The minimum absolute atomic E-state index is 0.0827. The van der Waals surface area contributed by atoms with Crippen LogP contribution in [0, 0.1) is 5.92 Å². The molecule has 2 aromatic rings. The molecule has 8 nitrogen and oxygen atoms in total. The fourth-order valence-corrected chi connectivity index (χ4v) is 4.36. The molecule has 1 aliphatic rings. The van der Waals surface area contributed by atoms with Gasteiger partial charge in [0.05, 0.1) is 11.9 Å². The van der Waals surface area contributed by atoms with E-state index < -0.39 is 6.04 Å². The maximum absolute atomic E-state index is 13.0. The van der Waals surface area contributed by atoms with Crippen LogP contribution in [0.5, 0.6) is 0 Å². The predicted octanol–water partition coefficient (Wildman–Crippen LogP) is 2.58. The number of nitrogens with one attached hydrogen (secondary N) is 1. The highest BCUT2D eigenvalue weighted by Gasteiger charge is 2.30. The first-order valence-corrected chi connectivity index (χ1v) is 11.6. The number of nitrogens with zero attached hydrogens (tertiary/aromatic N) is 3. The lowest BCUT2D eigenvalue weighted by Gasteiger charge is -2.25. The van der Waals surface area contributed by atoms with Gasteiger partial charge in [0.25, 0.3) is 0 Å². The third-order valence-electron chi connectivity index (χ3n) is 5.43. The minimum Gasteiger partial charge on any atom is -0.388 e. The zero-order chi connectivity index (χ0) is 23.1. The van der Waals surface area contributed by atoms with E-state index in [1.54, 1.807) is 18.5 Å². The number of Topliss-reactive ketones (excluding diaryl/α,β-unsaturated/α-hetero) is 1. The van der Waals surface area contributed by atoms with Gasteiger partial charge in [-0.1, -0.05) is 25.1 Å². The van der Waals surface area contributed by atoms with Crippen LogP contribution in [0.3, 0.4) is 0 Å². The third kappa shape index (κ3) is 6.00. The van der Waals surface area contributed by atoms with Crippen molar-refractivity contribution in [3.63, 3.8) is 0 Å². The molecule has 2 amide bonds. The maximum atomic E-state index is 13.0. The number of hydrogen-bond acceptors (Lipinski definition) is 6. The average molecular weight is 456 g/mol. The molecule has 170 valence electrons. The molecule has 1 unspecified atom stereocenters. The molecular formula is C23H29N5O3S. The smallest absolute Gasteiger partial charge is 0.240 e. The van der Waals surface area contributed by atoms with E-state index in [1.807, 2.05) is 31.2 Å². The number of carbonyl (C=O) groups excluding carboxylic acids is 3. The van der Waals surface area contributed by atoms with Gasteiger partial charge in [-0.15, -0.1) is 11.3 Å². The van der Waals surface area contributed by atoms with Crippen molar-refractivity contribution in [2.24, 2.45) is 16.6 Å². The van der Waals surface area contributed by atoms with Crippen LogP contribution in [0.2, 0.25) is 0 Å². The Morgan fingerprint density at radius 3 is 2.88 bits per heavy atom. The zero-order valence-electron chi connectivity index (χ0n) is 18.4. The summed E-state index contributed by atoms with van der Waals surface area (Å²) in [4.78, 5) is 48.7. The van der Waals surface area contributed by atoms with Crippen molar-refractivity contribution in [2.45, 2.75) is 45.6 Å². The van der Waals surface area contributed by atoms with E-state index in [0.29, 0.717) is 30.2 Å². The van der Waals surface area contributed by atoms with Crippen molar-refractivity contribution in [1.82, 2.24) is 10.3 Å². The van der Waals surface area contributed by atoms with Crippen LogP contribution in [0.25, 0.3) is 0 Å². The first kappa shape index (κ1) is 23.6. The number of carbonyl (C=O) groups is 3. The second kappa shape index (κ2) is 11.0. The number of nitrogens with two attached hydrogens (primary N) is 1. The molecular weight excluding hydrogens is 426 g/mol. The number of amides is 2. The first-order chi connectivity index (χ1) is 15.4. The van der Waals surface area contributed by atoms with Gasteiger partial charge in [-0.2, -0.15) is 0 Å². The van der Waals surface area contributed by atoms with Gasteiger partial charge in [0.1, 0.15) is 6.54 Å². The third-order valence-corrected chi connectivity index (χ3v) is 6.21. The van der Waals surface area contributed by atoms with Gasteiger partial charge in [-0.25, -0.2) is 4.98 Å². The fourth-order valence-electron chi connectivity index (χ4n) is 3.73. The molecule has 0 bridgehead atoms. The van der Waals surface area contributed by atoms with E-state index in [1.165, 1.54) is 16.2 Å². The number of thiazole rings is 1. The molecule has 0 aliphatic carbocycles. The highest BCUT2D eigenvalue weighted by Crippen LogP contribution is 2.29. The number of aryl methyl sites for hydroxylation is 1. The van der Waals surface area contributed by atoms with Crippen molar-refractivity contribution in [3.8, 4) is 0 Å². The molecule has 2 heterocycles. The normalized spacial score (nSPS) is 17.4. The lowest BCUT2D eigenvalue weighted by molar-refractivity contribution is -0.125. The van der Waals surface area contributed by atoms with E-state index in [2.05, 4.69) is 15.3 Å². The molecule has 0 saturated carbocycles. The van der Waals surface area contributed by atoms with Crippen LogP contribution >= 0.6 is 11.3 Å². The predicted molar refractivity (Wildman–Crippen MR) is 126 cm³/mol. The number of aliphatic imine (C=N–C) groups is 1. The summed E-state index contributed by atoms with van der Waals surface area (Å²) < 4.78 is 0. The standard InChI is InChI=1S/C23H29N5O3S/c1-15-9-10-17-6-3-4-8-19(17)28(23(15)31)14-20(29)27-18(7-5-11-25-16(2)24)21(30)22-26-12-13-32-22/h3-4,6,8,12-13,15,18H,5,7,9-11,14H2,1-2H3,(H2,24,25)(H,27,29)/t15?,18-/m0/s1. The lowest BCUT2D eigenvalue weighted by atomic mass is 10.0. The highest BCUT2D eigenvalue weighted by molar-refractivity contribution is 7.11. The minimum atomic E-state index is -0.739. The number of aromatic nitrogens is 1. The molecule has 1 aromatic heterocycles. The molecule has 0 saturated heterocycles. The summed E-state index contributed by atoms with van der Waals surface area (Å²) in [7, 11) is 0. The number of amidine groups is 1. The molecule has 9 heteroatoms. The largest absolute Gasteiger partial charge is 0.388 e. The molecule has 3 rings (SSSR count). The molecule has 3 N–H and O–H groups in total. The van der Waals surface area contributed by atoms with Crippen LogP contribution in [0.4, 0.5) is 5.69 Å². The average Bonchev–Trinajstić information content (AvgIpc) is 3.28. The second-order valence-corrected chi connectivity index (χ2v) is 8.87. The highest BCUT2D eigenvalue weighted by atomic mass is 32.1. The van der Waals surface area contributed by atoms with E-state index in [0.717, 1.165) is 24.1 Å². The molecule has 1 aromatic carbocycles. The number of benzene rings is 1. The van der Waals surface area contributed by atoms with Gasteiger partial charge in [0, 0.05) is 29.7 Å². The van der Waals surface area contributed by atoms with Crippen LogP contribution < -0.4 is 16.0 Å². The van der Waals surface area contributed by atoms with Crippen molar-refractivity contribution >= 4 is 40.5 Å². The van der Waals surface area contributed by atoms with Gasteiger partial charge in [-0.05, 0) is 44.2 Å². The van der Waals surface area contributed by atoms with Crippen molar-refractivity contribution in [2.75, 3.05) is 18.0 Å². The summed E-state index contributed by atoms with van der Waals surface area (Å²) in [6.07, 6.45) is 4.07. The Morgan fingerprint density at radius 2 is 2.16 bits per heavy atom. The molecule has 2 atom stereocenters. The van der Waals surface area contributed by atoms with Crippen molar-refractivity contribution in [1.29, 1.82) is 0 Å². The number of hydrogen-bond donors (Lipinski definition) is 2. The number of para-hydroxylation sites is 1. The Balaban J connectivity index is 1.74. The van der Waals surface area contributed by atoms with E-state index in [9.17, 15) is 14.4 Å². The topological polar surface area (TPSA) is 118 Å². The Kier molecular flexibility index (Phi) is 8.10. The number of fused-ring (bicyclic) bond motifs is 1. The van der Waals surface area contributed by atoms with Gasteiger partial charge >= 0.3 is 0 Å². The molecule has 0 spiro atoms. The summed E-state index contributed by atoms with van der Waals surface area (Å²) in [5, 5.41) is 4.90. The molecule has 0 radical (unpaired) electrons.